The number of nitrogens with zero attached hydrogens (tertiary/aromatic N) is 1. The van der Waals surface area contributed by atoms with Gasteiger partial charge in [-0.2, -0.15) is 0 Å². The first-order chi connectivity index (χ1) is 30.2. The lowest BCUT2D eigenvalue weighted by Crippen LogP contribution is -2.11. The number of rotatable bonds is 6. The Hall–Kier alpha value is -7.72. The molecule has 11 aromatic rings. The summed E-state index contributed by atoms with van der Waals surface area (Å²) >= 11 is 1.87. The van der Waals surface area contributed by atoms with Gasteiger partial charge in [-0.1, -0.05) is 170 Å². The average molecular weight is 796 g/mol. The van der Waals surface area contributed by atoms with Crippen LogP contribution in [0.25, 0.3) is 86.6 Å². The number of thiophene rings is 1. The number of hydrogen-bond acceptors (Lipinski definition) is 3. The molecule has 0 N–H and O–H groups in total. The Morgan fingerprint density at radius 3 is 1.70 bits per heavy atom. The van der Waals surface area contributed by atoms with Crippen LogP contribution in [-0.4, -0.2) is 0 Å². The van der Waals surface area contributed by atoms with Crippen molar-refractivity contribution in [3.8, 4) is 67.1 Å². The van der Waals surface area contributed by atoms with Crippen molar-refractivity contribution < 1.29 is 4.74 Å². The van der Waals surface area contributed by atoms with Crippen LogP contribution in [0.15, 0.2) is 224 Å². The Morgan fingerprint density at radius 2 is 0.934 bits per heavy atom. The first-order valence-electron chi connectivity index (χ1n) is 20.7. The molecule has 2 nitrogen and oxygen atoms in total. The Labute approximate surface area is 358 Å². The van der Waals surface area contributed by atoms with Crippen molar-refractivity contribution in [3.05, 3.63) is 224 Å². The van der Waals surface area contributed by atoms with Gasteiger partial charge in [0.25, 0.3) is 0 Å². The number of anilines is 3. The molecule has 12 rings (SSSR count). The molecule has 286 valence electrons. The second-order valence-electron chi connectivity index (χ2n) is 15.6. The lowest BCUT2D eigenvalue weighted by molar-refractivity contribution is 0.493. The molecule has 0 spiro atoms. The van der Waals surface area contributed by atoms with Crippen molar-refractivity contribution in [1.82, 2.24) is 0 Å². The van der Waals surface area contributed by atoms with E-state index in [2.05, 4.69) is 229 Å². The molecule has 0 fully saturated rings. The van der Waals surface area contributed by atoms with Crippen molar-refractivity contribution in [2.24, 2.45) is 0 Å². The summed E-state index contributed by atoms with van der Waals surface area (Å²) in [6.07, 6.45) is 0. The van der Waals surface area contributed by atoms with Gasteiger partial charge >= 0.3 is 0 Å². The lowest BCUT2D eigenvalue weighted by atomic mass is 9.90. The molecule has 1 aliphatic rings. The summed E-state index contributed by atoms with van der Waals surface area (Å²) in [6.45, 7) is 0. The molecule has 0 radical (unpaired) electrons. The summed E-state index contributed by atoms with van der Waals surface area (Å²) in [7, 11) is 0. The van der Waals surface area contributed by atoms with Gasteiger partial charge in [-0.25, -0.2) is 0 Å². The van der Waals surface area contributed by atoms with E-state index in [4.69, 9.17) is 4.74 Å². The van der Waals surface area contributed by atoms with E-state index >= 15 is 0 Å². The third kappa shape index (κ3) is 6.01. The van der Waals surface area contributed by atoms with Crippen LogP contribution in [0.5, 0.6) is 11.5 Å². The van der Waals surface area contributed by atoms with Gasteiger partial charge in [0.05, 0.1) is 5.69 Å². The zero-order valence-electron chi connectivity index (χ0n) is 33.1. The zero-order chi connectivity index (χ0) is 40.3. The van der Waals surface area contributed by atoms with E-state index in [-0.39, 0.29) is 0 Å². The van der Waals surface area contributed by atoms with Crippen molar-refractivity contribution in [1.29, 1.82) is 0 Å². The number of ether oxygens (including phenoxy) is 1. The fourth-order valence-electron chi connectivity index (χ4n) is 9.16. The summed E-state index contributed by atoms with van der Waals surface area (Å²) in [5.74, 6) is 1.70. The SMILES string of the molecule is c1ccc(-c2ccc(N(c3ccc(-c4cccc5c4sc4ccccc45)cc3)c3cccc4c3-c3ccc5ccccc5c3Oc3cc(-c5ccccc5)ccc3-4)cc2)cc1. The average Bonchev–Trinajstić information content (AvgIpc) is 3.65. The van der Waals surface area contributed by atoms with Crippen molar-refractivity contribution in [3.63, 3.8) is 0 Å². The van der Waals surface area contributed by atoms with Gasteiger partial charge in [-0.3, -0.25) is 0 Å². The third-order valence-electron chi connectivity index (χ3n) is 12.1. The molecule has 0 saturated carbocycles. The lowest BCUT2D eigenvalue weighted by Gasteiger charge is -2.29. The molecular formula is C58H37NOS. The standard InChI is InChI=1S/C58H37NOS/c1-3-13-38(14-4-1)40-25-31-44(32-26-40)59(45-33-27-42(28-34-45)47-20-11-22-51-49-19-9-10-24-55(49)61-58(47)51)53-23-12-21-50-48-35-30-43(39-15-5-2-6-16-39)37-54(48)60-57-46-18-8-7-17-41(46)29-36-52(57)56(50)53/h1-37H. The van der Waals surface area contributed by atoms with Crippen LogP contribution in [-0.2, 0) is 0 Å². The van der Waals surface area contributed by atoms with Crippen LogP contribution in [0.3, 0.4) is 0 Å². The smallest absolute Gasteiger partial charge is 0.143 e. The molecular weight excluding hydrogens is 759 g/mol. The summed E-state index contributed by atoms with van der Waals surface area (Å²) in [5, 5.41) is 4.84. The molecule has 1 aromatic heterocycles. The van der Waals surface area contributed by atoms with Gasteiger partial charge in [0, 0.05) is 53.6 Å². The molecule has 0 atom stereocenters. The number of benzene rings is 10. The van der Waals surface area contributed by atoms with E-state index in [1.807, 2.05) is 11.3 Å². The maximum Gasteiger partial charge on any atom is 0.143 e. The van der Waals surface area contributed by atoms with Crippen LogP contribution < -0.4 is 9.64 Å². The van der Waals surface area contributed by atoms with Gasteiger partial charge in [-0.05, 0) is 98.9 Å². The van der Waals surface area contributed by atoms with E-state index in [1.54, 1.807) is 0 Å². The van der Waals surface area contributed by atoms with Crippen molar-refractivity contribution in [2.75, 3.05) is 4.90 Å². The van der Waals surface area contributed by atoms with Gasteiger partial charge in [0.1, 0.15) is 11.5 Å². The second-order valence-corrected chi connectivity index (χ2v) is 16.7. The monoisotopic (exact) mass is 795 g/mol. The summed E-state index contributed by atoms with van der Waals surface area (Å²) in [4.78, 5) is 2.42. The van der Waals surface area contributed by atoms with Crippen LogP contribution in [0, 0.1) is 0 Å². The van der Waals surface area contributed by atoms with E-state index < -0.39 is 0 Å². The first-order valence-corrected chi connectivity index (χ1v) is 21.6. The van der Waals surface area contributed by atoms with Crippen LogP contribution in [0.2, 0.25) is 0 Å². The van der Waals surface area contributed by atoms with E-state index in [0.29, 0.717) is 0 Å². The van der Waals surface area contributed by atoms with Crippen LogP contribution in [0.1, 0.15) is 0 Å². The van der Waals surface area contributed by atoms with Gasteiger partial charge in [0.2, 0.25) is 0 Å². The summed E-state index contributed by atoms with van der Waals surface area (Å²) in [5.41, 5.74) is 14.7. The summed E-state index contributed by atoms with van der Waals surface area (Å²) < 4.78 is 9.80. The van der Waals surface area contributed by atoms with Crippen molar-refractivity contribution in [2.45, 2.75) is 0 Å². The minimum atomic E-state index is 0.841. The highest BCUT2D eigenvalue weighted by Crippen LogP contribution is 2.55. The Kier molecular flexibility index (Phi) is 8.39. The quantitative estimate of drug-likeness (QED) is 0.166. The minimum Gasteiger partial charge on any atom is -0.455 e. The minimum absolute atomic E-state index is 0.841. The molecule has 0 amide bonds. The van der Waals surface area contributed by atoms with Crippen LogP contribution >= 0.6 is 11.3 Å². The topological polar surface area (TPSA) is 12.5 Å². The molecule has 0 saturated heterocycles. The predicted octanol–water partition coefficient (Wildman–Crippen LogP) is 17.1. The fourth-order valence-corrected chi connectivity index (χ4v) is 10.4. The first kappa shape index (κ1) is 35.2. The highest BCUT2D eigenvalue weighted by atomic mass is 32.1. The third-order valence-corrected chi connectivity index (χ3v) is 13.3. The Bertz CT molecular complexity index is 3420. The molecule has 61 heavy (non-hydrogen) atoms. The largest absolute Gasteiger partial charge is 0.455 e. The van der Waals surface area contributed by atoms with E-state index in [9.17, 15) is 0 Å². The molecule has 3 heteroatoms. The van der Waals surface area contributed by atoms with E-state index in [0.717, 1.165) is 72.7 Å². The Morgan fingerprint density at radius 1 is 0.361 bits per heavy atom. The molecule has 1 aliphatic heterocycles. The second kappa shape index (κ2) is 14.5. The predicted molar refractivity (Wildman–Crippen MR) is 259 cm³/mol. The molecule has 10 aromatic carbocycles. The van der Waals surface area contributed by atoms with Gasteiger partial charge in [0.15, 0.2) is 0 Å². The van der Waals surface area contributed by atoms with Gasteiger partial charge in [-0.15, -0.1) is 11.3 Å². The fraction of sp³-hybridized carbons (Fsp3) is 0. The van der Waals surface area contributed by atoms with Crippen molar-refractivity contribution >= 4 is 59.3 Å². The summed E-state index contributed by atoms with van der Waals surface area (Å²) in [6, 6.07) is 81.0. The van der Waals surface area contributed by atoms with Crippen LogP contribution in [0.4, 0.5) is 17.1 Å². The molecule has 0 unspecified atom stereocenters. The Balaban J connectivity index is 1.07. The zero-order valence-corrected chi connectivity index (χ0v) is 33.9. The van der Waals surface area contributed by atoms with Gasteiger partial charge < -0.3 is 9.64 Å². The number of fused-ring (bicyclic) bond motifs is 10. The van der Waals surface area contributed by atoms with E-state index in [1.165, 1.54) is 42.4 Å². The molecule has 0 aliphatic carbocycles. The highest BCUT2D eigenvalue weighted by Gasteiger charge is 2.28. The normalized spacial score (nSPS) is 11.7. The molecule has 2 heterocycles. The highest BCUT2D eigenvalue weighted by molar-refractivity contribution is 7.26. The maximum absolute atomic E-state index is 7.18. The number of hydrogen-bond donors (Lipinski definition) is 0. The maximum atomic E-state index is 7.18. The molecule has 0 bridgehead atoms.